The minimum absolute atomic E-state index is 0.0333. The van der Waals surface area contributed by atoms with Gasteiger partial charge < -0.3 is 0 Å². The van der Waals surface area contributed by atoms with Crippen LogP contribution in [0.25, 0.3) is 27.4 Å². The van der Waals surface area contributed by atoms with Crippen LogP contribution < -0.4 is 22.0 Å². The van der Waals surface area contributed by atoms with Crippen molar-refractivity contribution >= 4 is 33.5 Å². The zero-order valence-corrected chi connectivity index (χ0v) is 17.5. The molecule has 10 heteroatoms. The molecule has 2 aromatic heterocycles. The first-order valence-electron chi connectivity index (χ1n) is 10.2. The van der Waals surface area contributed by atoms with Gasteiger partial charge in [0, 0.05) is 10.9 Å². The van der Waals surface area contributed by atoms with Gasteiger partial charge in [-0.3, -0.25) is 34.6 Å². The highest BCUT2D eigenvalue weighted by molar-refractivity contribution is 6.06. The van der Waals surface area contributed by atoms with Crippen molar-refractivity contribution < 1.29 is 9.59 Å². The first-order chi connectivity index (χ1) is 16.5. The fraction of sp³-hybridized carbons (Fsp3) is 0. The standard InChI is InChI=1S/C24H16N6O4/c31-21(27-29-23(33)20-16-5-1-2-6-17(16)22(32)28-26-20)14-9-11-15(12-10-14)30-13-25-19-8-4-3-7-18(19)24(30)34/h1-13H,(H,27,31)(H,28,32)(H,29,33). The highest BCUT2D eigenvalue weighted by Gasteiger charge is 2.15. The third kappa shape index (κ3) is 3.69. The number of H-pyrrole nitrogens is 1. The number of nitrogens with one attached hydrogen (secondary N) is 3. The Hall–Kier alpha value is -5.12. The van der Waals surface area contributed by atoms with Crippen molar-refractivity contribution in [3.63, 3.8) is 0 Å². The van der Waals surface area contributed by atoms with Crippen LogP contribution in [0.4, 0.5) is 0 Å². The van der Waals surface area contributed by atoms with Crippen molar-refractivity contribution in [1.82, 2.24) is 30.6 Å². The largest absolute Gasteiger partial charge is 0.290 e. The molecule has 34 heavy (non-hydrogen) atoms. The molecule has 0 saturated carbocycles. The Morgan fingerprint density at radius 1 is 0.765 bits per heavy atom. The summed E-state index contributed by atoms with van der Waals surface area (Å²) >= 11 is 0. The third-order valence-electron chi connectivity index (χ3n) is 5.27. The van der Waals surface area contributed by atoms with E-state index in [1.54, 1.807) is 60.7 Å². The van der Waals surface area contributed by atoms with Crippen molar-refractivity contribution in [2.45, 2.75) is 0 Å². The van der Waals surface area contributed by atoms with E-state index in [4.69, 9.17) is 0 Å². The molecule has 2 amide bonds. The van der Waals surface area contributed by atoms with Crippen LogP contribution in [0.15, 0.2) is 88.7 Å². The molecule has 0 bridgehead atoms. The van der Waals surface area contributed by atoms with Crippen LogP contribution in [0.5, 0.6) is 0 Å². The Morgan fingerprint density at radius 3 is 2.18 bits per heavy atom. The van der Waals surface area contributed by atoms with Gasteiger partial charge in [-0.1, -0.05) is 30.3 Å². The molecule has 0 atom stereocenters. The van der Waals surface area contributed by atoms with Crippen molar-refractivity contribution in [3.8, 4) is 5.69 Å². The second-order valence-electron chi connectivity index (χ2n) is 7.34. The molecule has 0 aliphatic heterocycles. The van der Waals surface area contributed by atoms with Crippen LogP contribution in [0.1, 0.15) is 20.8 Å². The van der Waals surface area contributed by atoms with E-state index in [-0.39, 0.29) is 16.8 Å². The number of fused-ring (bicyclic) bond motifs is 2. The molecule has 0 spiro atoms. The Morgan fingerprint density at radius 2 is 1.41 bits per heavy atom. The van der Waals surface area contributed by atoms with Gasteiger partial charge in [-0.15, -0.1) is 0 Å². The number of aromatic nitrogens is 4. The fourth-order valence-corrected chi connectivity index (χ4v) is 3.56. The predicted octanol–water partition coefficient (Wildman–Crippen LogP) is 1.70. The first kappa shape index (κ1) is 20.8. The quantitative estimate of drug-likeness (QED) is 0.356. The van der Waals surface area contributed by atoms with E-state index in [0.29, 0.717) is 27.4 Å². The third-order valence-corrected chi connectivity index (χ3v) is 5.27. The van der Waals surface area contributed by atoms with Gasteiger partial charge in [-0.25, -0.2) is 10.1 Å². The Balaban J connectivity index is 1.32. The number of aromatic amines is 1. The van der Waals surface area contributed by atoms with Gasteiger partial charge in [0.05, 0.1) is 22.0 Å². The highest BCUT2D eigenvalue weighted by Crippen LogP contribution is 2.13. The van der Waals surface area contributed by atoms with Crippen LogP contribution in [0.3, 0.4) is 0 Å². The maximum atomic E-state index is 12.7. The Labute approximate surface area is 190 Å². The van der Waals surface area contributed by atoms with E-state index >= 15 is 0 Å². The first-order valence-corrected chi connectivity index (χ1v) is 10.2. The van der Waals surface area contributed by atoms with E-state index in [1.165, 1.54) is 23.0 Å². The molecule has 0 saturated heterocycles. The number of amides is 2. The van der Waals surface area contributed by atoms with Crippen LogP contribution in [0.2, 0.25) is 0 Å². The lowest BCUT2D eigenvalue weighted by molar-refractivity contribution is 0.0844. The predicted molar refractivity (Wildman–Crippen MR) is 125 cm³/mol. The number of para-hydroxylation sites is 1. The van der Waals surface area contributed by atoms with E-state index in [2.05, 4.69) is 26.0 Å². The number of hydrogen-bond acceptors (Lipinski definition) is 6. The van der Waals surface area contributed by atoms with Crippen LogP contribution in [-0.2, 0) is 0 Å². The normalized spacial score (nSPS) is 10.8. The van der Waals surface area contributed by atoms with Crippen molar-refractivity contribution in [2.75, 3.05) is 0 Å². The lowest BCUT2D eigenvalue weighted by Gasteiger charge is -2.10. The SMILES string of the molecule is O=C(NNC(=O)c1n[nH]c(=O)c2ccccc12)c1ccc(-n2cnc3ccccc3c2=O)cc1. The summed E-state index contributed by atoms with van der Waals surface area (Å²) in [4.78, 5) is 53.9. The maximum absolute atomic E-state index is 12.7. The van der Waals surface area contributed by atoms with Gasteiger partial charge in [0.2, 0.25) is 0 Å². The zero-order valence-electron chi connectivity index (χ0n) is 17.5. The molecule has 0 fully saturated rings. The minimum atomic E-state index is -0.689. The molecule has 0 aliphatic rings. The molecule has 0 radical (unpaired) electrons. The molecule has 10 nitrogen and oxygen atoms in total. The maximum Gasteiger partial charge on any atom is 0.290 e. The van der Waals surface area contributed by atoms with Crippen molar-refractivity contribution in [2.24, 2.45) is 0 Å². The molecule has 166 valence electrons. The minimum Gasteiger partial charge on any atom is -0.268 e. The fourth-order valence-electron chi connectivity index (χ4n) is 3.56. The van der Waals surface area contributed by atoms with E-state index in [1.807, 2.05) is 0 Å². The van der Waals surface area contributed by atoms with Gasteiger partial charge in [0.15, 0.2) is 5.69 Å². The van der Waals surface area contributed by atoms with Crippen molar-refractivity contribution in [3.05, 3.63) is 111 Å². The van der Waals surface area contributed by atoms with E-state index in [0.717, 1.165) is 0 Å². The molecule has 5 rings (SSSR count). The van der Waals surface area contributed by atoms with Gasteiger partial charge in [-0.2, -0.15) is 5.10 Å². The lowest BCUT2D eigenvalue weighted by Crippen LogP contribution is -2.42. The number of carbonyl (C=O) groups excluding carboxylic acids is 2. The Kier molecular flexibility index (Phi) is 5.15. The van der Waals surface area contributed by atoms with Crippen LogP contribution in [-0.4, -0.2) is 31.6 Å². The number of rotatable bonds is 3. The van der Waals surface area contributed by atoms with Gasteiger partial charge in [-0.05, 0) is 42.5 Å². The zero-order chi connectivity index (χ0) is 23.7. The summed E-state index contributed by atoms with van der Waals surface area (Å²) in [6.45, 7) is 0. The average molecular weight is 452 g/mol. The van der Waals surface area contributed by atoms with Gasteiger partial charge >= 0.3 is 0 Å². The summed E-state index contributed by atoms with van der Waals surface area (Å²) in [5.41, 5.74) is 5.32. The van der Waals surface area contributed by atoms with Crippen molar-refractivity contribution in [1.29, 1.82) is 0 Å². The van der Waals surface area contributed by atoms with Crippen LogP contribution >= 0.6 is 0 Å². The second kappa shape index (κ2) is 8.43. The number of nitrogens with zero attached hydrogens (tertiary/aromatic N) is 3. The number of carbonyl (C=O) groups is 2. The molecule has 2 heterocycles. The molecule has 3 N–H and O–H groups in total. The van der Waals surface area contributed by atoms with Gasteiger partial charge in [0.25, 0.3) is 22.9 Å². The lowest BCUT2D eigenvalue weighted by atomic mass is 10.1. The van der Waals surface area contributed by atoms with E-state index in [9.17, 15) is 19.2 Å². The monoisotopic (exact) mass is 452 g/mol. The average Bonchev–Trinajstić information content (AvgIpc) is 2.88. The summed E-state index contributed by atoms with van der Waals surface area (Å²) in [5, 5.41) is 7.21. The van der Waals surface area contributed by atoms with Crippen LogP contribution in [0, 0.1) is 0 Å². The Bertz CT molecular complexity index is 1690. The summed E-state index contributed by atoms with van der Waals surface area (Å²) in [5.74, 6) is -1.26. The number of hydrazine groups is 1. The molecular weight excluding hydrogens is 436 g/mol. The second-order valence-corrected chi connectivity index (χ2v) is 7.34. The summed E-state index contributed by atoms with van der Waals surface area (Å²) in [6.07, 6.45) is 1.43. The summed E-state index contributed by atoms with van der Waals surface area (Å²) < 4.78 is 1.39. The summed E-state index contributed by atoms with van der Waals surface area (Å²) in [7, 11) is 0. The molecule has 3 aromatic carbocycles. The molecule has 0 aliphatic carbocycles. The summed E-state index contributed by atoms with van der Waals surface area (Å²) in [6, 6.07) is 19.8. The van der Waals surface area contributed by atoms with Gasteiger partial charge in [0.1, 0.15) is 6.33 Å². The number of benzene rings is 3. The van der Waals surface area contributed by atoms with E-state index < -0.39 is 17.4 Å². The number of hydrogen-bond donors (Lipinski definition) is 3. The molecular formula is C24H16N6O4. The highest BCUT2D eigenvalue weighted by atomic mass is 16.2. The smallest absolute Gasteiger partial charge is 0.268 e. The molecule has 0 unspecified atom stereocenters. The molecule has 5 aromatic rings. The topological polar surface area (TPSA) is 139 Å².